The number of nitrogens with one attached hydrogen (secondary N) is 2. The summed E-state index contributed by atoms with van der Waals surface area (Å²) in [6.45, 7) is -0.00798. The van der Waals surface area contributed by atoms with Crippen LogP contribution < -0.4 is 15.5 Å². The number of halogens is 2. The molecule has 1 saturated heterocycles. The Hall–Kier alpha value is -4.34. The van der Waals surface area contributed by atoms with Gasteiger partial charge in [0, 0.05) is 33.4 Å². The molecule has 1 aliphatic heterocycles. The number of nitrogens with zero attached hydrogens (tertiary/aromatic N) is 2. The molecule has 37 heavy (non-hydrogen) atoms. The molecule has 2 N–H and O–H groups in total. The van der Waals surface area contributed by atoms with Crippen LogP contribution in [-0.2, 0) is 20.9 Å². The average Bonchev–Trinajstić information content (AvgIpc) is 3.20. The molecule has 0 spiro atoms. The standard InChI is InChI=1S/C27H18ClFN4O3S/c28-17-8-10-19(11-9-17)30-24(34)15-32-14-16(21-6-1-2-7-23(21)32)12-22-25(35)31-27(37)33(26(22)36)20-5-3-4-18(29)13-20/h1-14H,15H2,(H,30,34)(H,31,35,37). The minimum Gasteiger partial charge on any atom is -0.337 e. The van der Waals surface area contributed by atoms with Crippen molar-refractivity contribution in [3.8, 4) is 0 Å². The molecule has 3 aromatic carbocycles. The molecule has 0 unspecified atom stereocenters. The summed E-state index contributed by atoms with van der Waals surface area (Å²) < 4.78 is 15.5. The summed E-state index contributed by atoms with van der Waals surface area (Å²) in [5.41, 5.74) is 1.92. The highest BCUT2D eigenvalue weighted by Crippen LogP contribution is 2.27. The molecule has 184 valence electrons. The van der Waals surface area contributed by atoms with Crippen LogP contribution in [-0.4, -0.2) is 27.4 Å². The van der Waals surface area contributed by atoms with Gasteiger partial charge in [0.15, 0.2) is 5.11 Å². The van der Waals surface area contributed by atoms with E-state index >= 15 is 0 Å². The number of carbonyl (C=O) groups is 3. The minimum atomic E-state index is -0.684. The van der Waals surface area contributed by atoms with E-state index in [1.54, 1.807) is 35.0 Å². The molecule has 0 saturated carbocycles. The maximum Gasteiger partial charge on any atom is 0.270 e. The van der Waals surface area contributed by atoms with Crippen LogP contribution in [0.15, 0.2) is 84.6 Å². The Labute approximate surface area is 221 Å². The number of rotatable bonds is 5. The molecule has 0 aliphatic carbocycles. The first kappa shape index (κ1) is 24.4. The van der Waals surface area contributed by atoms with E-state index in [4.69, 9.17) is 23.8 Å². The molecule has 4 aromatic rings. The number of hydrogen-bond acceptors (Lipinski definition) is 4. The van der Waals surface area contributed by atoms with Gasteiger partial charge in [0.05, 0.1) is 5.69 Å². The van der Waals surface area contributed by atoms with E-state index in [1.807, 2.05) is 24.3 Å². The summed E-state index contributed by atoms with van der Waals surface area (Å²) in [6, 6.07) is 19.4. The van der Waals surface area contributed by atoms with Gasteiger partial charge in [-0.3, -0.25) is 24.6 Å². The van der Waals surface area contributed by atoms with E-state index < -0.39 is 17.6 Å². The summed E-state index contributed by atoms with van der Waals surface area (Å²) in [5.74, 6) is -2.16. The number of benzene rings is 3. The fraction of sp³-hybridized carbons (Fsp3) is 0.0370. The van der Waals surface area contributed by atoms with Gasteiger partial charge in [-0.05, 0) is 66.8 Å². The first-order valence-electron chi connectivity index (χ1n) is 11.1. The zero-order valence-corrected chi connectivity index (χ0v) is 20.6. The molecule has 1 aliphatic rings. The lowest BCUT2D eigenvalue weighted by Crippen LogP contribution is -2.54. The smallest absolute Gasteiger partial charge is 0.270 e. The van der Waals surface area contributed by atoms with Crippen LogP contribution in [0.25, 0.3) is 17.0 Å². The lowest BCUT2D eigenvalue weighted by Gasteiger charge is -2.28. The summed E-state index contributed by atoms with van der Waals surface area (Å²) in [4.78, 5) is 39.9. The van der Waals surface area contributed by atoms with Gasteiger partial charge in [-0.15, -0.1) is 0 Å². The molecule has 2 heterocycles. The fourth-order valence-electron chi connectivity index (χ4n) is 4.07. The molecule has 7 nitrogen and oxygen atoms in total. The van der Waals surface area contributed by atoms with Gasteiger partial charge in [0.1, 0.15) is 17.9 Å². The topological polar surface area (TPSA) is 83.4 Å². The molecule has 0 radical (unpaired) electrons. The zero-order valence-electron chi connectivity index (χ0n) is 19.1. The molecule has 1 aromatic heterocycles. The second-order valence-electron chi connectivity index (χ2n) is 8.22. The van der Waals surface area contributed by atoms with Gasteiger partial charge in [0.2, 0.25) is 5.91 Å². The van der Waals surface area contributed by atoms with Gasteiger partial charge in [-0.2, -0.15) is 0 Å². The van der Waals surface area contributed by atoms with Crippen LogP contribution in [0.5, 0.6) is 0 Å². The Kier molecular flexibility index (Phi) is 6.56. The van der Waals surface area contributed by atoms with Crippen LogP contribution in [0.3, 0.4) is 0 Å². The summed E-state index contributed by atoms with van der Waals surface area (Å²) >= 11 is 11.1. The number of carbonyl (C=O) groups excluding carboxylic acids is 3. The molecule has 1 fully saturated rings. The van der Waals surface area contributed by atoms with E-state index in [2.05, 4.69) is 10.6 Å². The zero-order chi connectivity index (χ0) is 26.1. The Bertz CT molecular complexity index is 1610. The number of thiocarbonyl (C=S) groups is 1. The SMILES string of the molecule is O=C(Cn1cc(C=C2C(=O)NC(=S)N(c3cccc(F)c3)C2=O)c2ccccc21)Nc1ccc(Cl)cc1. The molecule has 3 amide bonds. The van der Waals surface area contributed by atoms with Crippen molar-refractivity contribution in [1.82, 2.24) is 9.88 Å². The normalized spacial score (nSPS) is 14.8. The second-order valence-corrected chi connectivity index (χ2v) is 9.05. The maximum atomic E-state index is 13.8. The minimum absolute atomic E-state index is 0.00798. The van der Waals surface area contributed by atoms with Crippen molar-refractivity contribution in [2.45, 2.75) is 6.54 Å². The van der Waals surface area contributed by atoms with Crippen LogP contribution in [0.4, 0.5) is 15.8 Å². The summed E-state index contributed by atoms with van der Waals surface area (Å²) in [5, 5.41) is 6.47. The third kappa shape index (κ3) is 5.00. The van der Waals surface area contributed by atoms with Crippen LogP contribution in [0, 0.1) is 5.82 Å². The van der Waals surface area contributed by atoms with Gasteiger partial charge < -0.3 is 9.88 Å². The number of para-hydroxylation sites is 1. The predicted molar refractivity (Wildman–Crippen MR) is 145 cm³/mol. The van der Waals surface area contributed by atoms with Crippen molar-refractivity contribution >= 4 is 75.0 Å². The van der Waals surface area contributed by atoms with Crippen molar-refractivity contribution in [2.24, 2.45) is 0 Å². The van der Waals surface area contributed by atoms with E-state index in [9.17, 15) is 18.8 Å². The Morgan fingerprint density at radius 1 is 1.05 bits per heavy atom. The highest BCUT2D eigenvalue weighted by Gasteiger charge is 2.34. The van der Waals surface area contributed by atoms with Gasteiger partial charge >= 0.3 is 0 Å². The van der Waals surface area contributed by atoms with Crippen molar-refractivity contribution in [3.63, 3.8) is 0 Å². The molecular weight excluding hydrogens is 515 g/mol. The molecule has 0 bridgehead atoms. The Morgan fingerprint density at radius 2 is 1.81 bits per heavy atom. The quantitative estimate of drug-likeness (QED) is 0.217. The average molecular weight is 533 g/mol. The predicted octanol–water partition coefficient (Wildman–Crippen LogP) is 4.90. The number of anilines is 2. The van der Waals surface area contributed by atoms with Crippen molar-refractivity contribution in [1.29, 1.82) is 0 Å². The lowest BCUT2D eigenvalue weighted by atomic mass is 10.1. The van der Waals surface area contributed by atoms with E-state index in [0.29, 0.717) is 16.3 Å². The number of fused-ring (bicyclic) bond motifs is 1. The monoisotopic (exact) mass is 532 g/mol. The number of hydrogen-bond donors (Lipinski definition) is 2. The molecule has 5 rings (SSSR count). The van der Waals surface area contributed by atoms with Gasteiger partial charge in [0.25, 0.3) is 11.8 Å². The van der Waals surface area contributed by atoms with Crippen molar-refractivity contribution < 1.29 is 18.8 Å². The highest BCUT2D eigenvalue weighted by atomic mass is 35.5. The molecular formula is C27H18ClFN4O3S. The van der Waals surface area contributed by atoms with Crippen LogP contribution in [0.1, 0.15) is 5.56 Å². The fourth-order valence-corrected chi connectivity index (χ4v) is 4.48. The third-order valence-electron chi connectivity index (χ3n) is 5.73. The van der Waals surface area contributed by atoms with E-state index in [1.165, 1.54) is 24.3 Å². The Balaban J connectivity index is 1.48. The largest absolute Gasteiger partial charge is 0.337 e. The lowest BCUT2D eigenvalue weighted by molar-refractivity contribution is -0.122. The molecule has 10 heteroatoms. The summed E-state index contributed by atoms with van der Waals surface area (Å²) in [6.07, 6.45) is 3.14. The van der Waals surface area contributed by atoms with E-state index in [0.717, 1.165) is 21.9 Å². The third-order valence-corrected chi connectivity index (χ3v) is 6.27. The van der Waals surface area contributed by atoms with Gasteiger partial charge in [-0.1, -0.05) is 35.9 Å². The van der Waals surface area contributed by atoms with E-state index in [-0.39, 0.29) is 28.8 Å². The van der Waals surface area contributed by atoms with Crippen molar-refractivity contribution in [2.75, 3.05) is 10.2 Å². The number of amides is 3. The highest BCUT2D eigenvalue weighted by molar-refractivity contribution is 7.80. The molecule has 0 atom stereocenters. The maximum absolute atomic E-state index is 13.8. The summed E-state index contributed by atoms with van der Waals surface area (Å²) in [7, 11) is 0. The van der Waals surface area contributed by atoms with Crippen LogP contribution in [0.2, 0.25) is 5.02 Å². The first-order chi connectivity index (χ1) is 17.8. The second kappa shape index (κ2) is 9.96. The first-order valence-corrected chi connectivity index (χ1v) is 11.9. The Morgan fingerprint density at radius 3 is 2.57 bits per heavy atom. The number of aromatic nitrogens is 1. The van der Waals surface area contributed by atoms with Crippen LogP contribution >= 0.6 is 23.8 Å². The van der Waals surface area contributed by atoms with Gasteiger partial charge in [-0.25, -0.2) is 4.39 Å². The van der Waals surface area contributed by atoms with Crippen molar-refractivity contribution in [3.05, 3.63) is 101 Å².